The molecule has 0 bridgehead atoms. The maximum absolute atomic E-state index is 12.7. The van der Waals surface area contributed by atoms with E-state index in [4.69, 9.17) is 5.73 Å². The predicted molar refractivity (Wildman–Crippen MR) is 63.1 cm³/mol. The van der Waals surface area contributed by atoms with Crippen LogP contribution in [0.25, 0.3) is 11.1 Å². The van der Waals surface area contributed by atoms with Crippen molar-refractivity contribution in [2.45, 2.75) is 18.9 Å². The molecule has 0 saturated carbocycles. The van der Waals surface area contributed by atoms with Crippen LogP contribution < -0.4 is 5.73 Å². The first-order valence-electron chi connectivity index (χ1n) is 5.62. The summed E-state index contributed by atoms with van der Waals surface area (Å²) in [5.41, 5.74) is 4.00. The summed E-state index contributed by atoms with van der Waals surface area (Å²) in [7, 11) is 0. The monoisotopic (exact) mass is 309 g/mol. The summed E-state index contributed by atoms with van der Waals surface area (Å²) in [5, 5.41) is 3.48. The van der Waals surface area contributed by atoms with Gasteiger partial charge in [0.1, 0.15) is 6.54 Å². The summed E-state index contributed by atoms with van der Waals surface area (Å²) in [6.45, 7) is -1.31. The van der Waals surface area contributed by atoms with Crippen LogP contribution in [-0.4, -0.2) is 16.0 Å². The standard InChI is InChI=1S/C12H9F6N3/c13-11(14,15)6-21-5-8(4-20-21)7-1-2-10(19)9(3-7)12(16,17)18/h1-5H,6,19H2. The smallest absolute Gasteiger partial charge is 0.398 e. The van der Waals surface area contributed by atoms with E-state index in [1.807, 2.05) is 0 Å². The van der Waals surface area contributed by atoms with Crippen molar-refractivity contribution in [1.82, 2.24) is 9.78 Å². The third-order valence-corrected chi connectivity index (χ3v) is 2.67. The number of nitrogens with two attached hydrogens (primary N) is 1. The van der Waals surface area contributed by atoms with Crippen molar-refractivity contribution in [2.75, 3.05) is 5.73 Å². The van der Waals surface area contributed by atoms with Gasteiger partial charge in [0.15, 0.2) is 0 Å². The molecule has 2 aromatic rings. The van der Waals surface area contributed by atoms with E-state index in [1.54, 1.807) is 0 Å². The Labute approximate surface area is 115 Å². The fourth-order valence-electron chi connectivity index (χ4n) is 1.76. The molecule has 0 unspecified atom stereocenters. The number of anilines is 1. The summed E-state index contributed by atoms with van der Waals surface area (Å²) in [6.07, 6.45) is -7.00. The molecule has 0 radical (unpaired) electrons. The number of alkyl halides is 6. The zero-order chi connectivity index (χ0) is 15.8. The van der Waals surface area contributed by atoms with E-state index in [2.05, 4.69) is 5.10 Å². The number of nitrogens with zero attached hydrogens (tertiary/aromatic N) is 2. The fourth-order valence-corrected chi connectivity index (χ4v) is 1.76. The summed E-state index contributed by atoms with van der Waals surface area (Å²) in [6, 6.07) is 3.13. The Hall–Kier alpha value is -2.19. The van der Waals surface area contributed by atoms with Gasteiger partial charge < -0.3 is 5.73 Å². The Balaban J connectivity index is 2.35. The molecule has 1 heterocycles. The van der Waals surface area contributed by atoms with Gasteiger partial charge in [0.2, 0.25) is 0 Å². The molecule has 0 aliphatic heterocycles. The highest BCUT2D eigenvalue weighted by Gasteiger charge is 2.33. The van der Waals surface area contributed by atoms with Crippen molar-refractivity contribution in [1.29, 1.82) is 0 Å². The third-order valence-electron chi connectivity index (χ3n) is 2.67. The Kier molecular flexibility index (Phi) is 3.60. The Morgan fingerprint density at radius 2 is 1.71 bits per heavy atom. The molecule has 1 aromatic heterocycles. The number of hydrogen-bond donors (Lipinski definition) is 1. The highest BCUT2D eigenvalue weighted by Crippen LogP contribution is 2.36. The highest BCUT2D eigenvalue weighted by molar-refractivity contribution is 5.67. The summed E-state index contributed by atoms with van der Waals surface area (Å²) >= 11 is 0. The van der Waals surface area contributed by atoms with E-state index >= 15 is 0 Å². The summed E-state index contributed by atoms with van der Waals surface area (Å²) < 4.78 is 75.4. The van der Waals surface area contributed by atoms with Gasteiger partial charge in [-0.2, -0.15) is 31.4 Å². The maximum Gasteiger partial charge on any atom is 0.418 e. The molecule has 0 amide bonds. The van der Waals surface area contributed by atoms with Gasteiger partial charge in [0.05, 0.1) is 11.8 Å². The SMILES string of the molecule is Nc1ccc(-c2cnn(CC(F)(F)F)c2)cc1C(F)(F)F. The van der Waals surface area contributed by atoms with Gasteiger partial charge in [0.25, 0.3) is 0 Å². The van der Waals surface area contributed by atoms with Crippen molar-refractivity contribution < 1.29 is 26.3 Å². The van der Waals surface area contributed by atoms with E-state index in [0.717, 1.165) is 24.5 Å². The first-order chi connectivity index (χ1) is 9.56. The maximum atomic E-state index is 12.7. The fraction of sp³-hybridized carbons (Fsp3) is 0.250. The Morgan fingerprint density at radius 3 is 2.29 bits per heavy atom. The summed E-state index contributed by atoms with van der Waals surface area (Å²) in [5.74, 6) is 0. The van der Waals surface area contributed by atoms with Crippen LogP contribution >= 0.6 is 0 Å². The van der Waals surface area contributed by atoms with Crippen molar-refractivity contribution in [2.24, 2.45) is 0 Å². The van der Waals surface area contributed by atoms with Crippen LogP contribution in [0, 0.1) is 0 Å². The van der Waals surface area contributed by atoms with Gasteiger partial charge in [0, 0.05) is 17.4 Å². The number of aromatic nitrogens is 2. The molecular formula is C12H9F6N3. The molecule has 0 aliphatic rings. The molecule has 9 heteroatoms. The second-order valence-corrected chi connectivity index (χ2v) is 4.34. The van der Waals surface area contributed by atoms with Crippen LogP contribution in [-0.2, 0) is 12.7 Å². The molecule has 114 valence electrons. The van der Waals surface area contributed by atoms with Crippen LogP contribution in [0.2, 0.25) is 0 Å². The molecule has 0 aliphatic carbocycles. The number of benzene rings is 1. The van der Waals surface area contributed by atoms with Crippen molar-refractivity contribution >= 4 is 5.69 Å². The van der Waals surface area contributed by atoms with Crippen molar-refractivity contribution in [3.8, 4) is 11.1 Å². The van der Waals surface area contributed by atoms with E-state index in [0.29, 0.717) is 4.68 Å². The van der Waals surface area contributed by atoms with Crippen LogP contribution in [0.4, 0.5) is 32.0 Å². The molecule has 0 saturated heterocycles. The van der Waals surface area contributed by atoms with Crippen molar-refractivity contribution in [3.63, 3.8) is 0 Å². The molecule has 0 spiro atoms. The largest absolute Gasteiger partial charge is 0.418 e. The zero-order valence-corrected chi connectivity index (χ0v) is 10.3. The van der Waals surface area contributed by atoms with Crippen LogP contribution in [0.3, 0.4) is 0 Å². The quantitative estimate of drug-likeness (QED) is 0.679. The lowest BCUT2D eigenvalue weighted by Crippen LogP contribution is -2.17. The third kappa shape index (κ3) is 3.67. The number of nitrogen functional groups attached to an aromatic ring is 1. The van der Waals surface area contributed by atoms with E-state index in [9.17, 15) is 26.3 Å². The topological polar surface area (TPSA) is 43.8 Å². The minimum atomic E-state index is -4.64. The van der Waals surface area contributed by atoms with Gasteiger partial charge in [-0.25, -0.2) is 0 Å². The van der Waals surface area contributed by atoms with Crippen molar-refractivity contribution in [3.05, 3.63) is 36.2 Å². The average molecular weight is 309 g/mol. The lowest BCUT2D eigenvalue weighted by Gasteiger charge is -2.11. The number of hydrogen-bond acceptors (Lipinski definition) is 2. The molecule has 21 heavy (non-hydrogen) atoms. The minimum absolute atomic E-state index is 0.0879. The van der Waals surface area contributed by atoms with E-state index in [1.165, 1.54) is 6.07 Å². The molecule has 0 fully saturated rings. The van der Waals surface area contributed by atoms with Crippen LogP contribution in [0.1, 0.15) is 5.56 Å². The van der Waals surface area contributed by atoms with Crippen LogP contribution in [0.5, 0.6) is 0 Å². The van der Waals surface area contributed by atoms with Gasteiger partial charge in [-0.3, -0.25) is 4.68 Å². The molecular weight excluding hydrogens is 300 g/mol. The predicted octanol–water partition coefficient (Wildman–Crippen LogP) is 3.71. The number of halogens is 6. The average Bonchev–Trinajstić information content (AvgIpc) is 2.74. The zero-order valence-electron chi connectivity index (χ0n) is 10.3. The minimum Gasteiger partial charge on any atom is -0.398 e. The normalized spacial score (nSPS) is 12.7. The lowest BCUT2D eigenvalue weighted by atomic mass is 10.0. The number of rotatable bonds is 2. The Morgan fingerprint density at radius 1 is 1.05 bits per heavy atom. The highest BCUT2D eigenvalue weighted by atomic mass is 19.4. The van der Waals surface area contributed by atoms with Crippen LogP contribution in [0.15, 0.2) is 30.6 Å². The first kappa shape index (κ1) is 15.2. The van der Waals surface area contributed by atoms with E-state index in [-0.39, 0.29) is 11.1 Å². The Bertz CT molecular complexity index is 641. The molecule has 1 aromatic carbocycles. The van der Waals surface area contributed by atoms with Gasteiger partial charge in [-0.1, -0.05) is 6.07 Å². The lowest BCUT2D eigenvalue weighted by molar-refractivity contribution is -0.142. The molecule has 0 atom stereocenters. The summed E-state index contributed by atoms with van der Waals surface area (Å²) in [4.78, 5) is 0. The second-order valence-electron chi connectivity index (χ2n) is 4.34. The first-order valence-corrected chi connectivity index (χ1v) is 5.62. The molecule has 3 nitrogen and oxygen atoms in total. The molecule has 2 rings (SSSR count). The van der Waals surface area contributed by atoms with E-state index < -0.39 is 30.1 Å². The van der Waals surface area contributed by atoms with Gasteiger partial charge in [-0.05, 0) is 17.7 Å². The molecule has 2 N–H and O–H groups in total. The van der Waals surface area contributed by atoms with Gasteiger partial charge in [-0.15, -0.1) is 0 Å². The second kappa shape index (κ2) is 4.97. The van der Waals surface area contributed by atoms with Gasteiger partial charge >= 0.3 is 12.4 Å².